The summed E-state index contributed by atoms with van der Waals surface area (Å²) in [6.45, 7) is 4.35. The van der Waals surface area contributed by atoms with E-state index in [0.717, 1.165) is 11.3 Å². The number of benzene rings is 1. The van der Waals surface area contributed by atoms with Gasteiger partial charge in [0.2, 0.25) is 5.79 Å². The lowest BCUT2D eigenvalue weighted by Gasteiger charge is -2.34. The van der Waals surface area contributed by atoms with E-state index in [-0.39, 0.29) is 6.04 Å². The molecule has 1 aromatic rings. The van der Waals surface area contributed by atoms with Gasteiger partial charge in [0, 0.05) is 6.42 Å². The zero-order valence-electron chi connectivity index (χ0n) is 10.4. The summed E-state index contributed by atoms with van der Waals surface area (Å²) in [7, 11) is 0. The molecule has 0 aliphatic carbocycles. The van der Waals surface area contributed by atoms with Gasteiger partial charge in [-0.05, 0) is 12.0 Å². The highest BCUT2D eigenvalue weighted by Gasteiger charge is 2.36. The zero-order valence-corrected chi connectivity index (χ0v) is 10.4. The molecule has 0 bridgehead atoms. The Morgan fingerprint density at radius 1 is 1.35 bits per heavy atom. The Kier molecular flexibility index (Phi) is 3.60. The van der Waals surface area contributed by atoms with Crippen molar-refractivity contribution in [3.05, 3.63) is 35.9 Å². The van der Waals surface area contributed by atoms with Crippen LogP contribution in [0.2, 0.25) is 0 Å². The third-order valence-electron chi connectivity index (χ3n) is 3.24. The lowest BCUT2D eigenvalue weighted by Crippen LogP contribution is -2.45. The maximum atomic E-state index is 10.3. The van der Waals surface area contributed by atoms with Gasteiger partial charge in [-0.3, -0.25) is 4.99 Å². The summed E-state index contributed by atoms with van der Waals surface area (Å²) in [6.07, 6.45) is 1.26. The second-order valence-electron chi connectivity index (χ2n) is 4.30. The number of hydrogen-bond donors (Lipinski definition) is 1. The summed E-state index contributed by atoms with van der Waals surface area (Å²) in [6, 6.07) is 10.1. The molecule has 92 valence electrons. The quantitative estimate of drug-likeness (QED) is 0.872. The van der Waals surface area contributed by atoms with E-state index < -0.39 is 5.79 Å². The lowest BCUT2D eigenvalue weighted by atomic mass is 10.0. The molecule has 1 aliphatic rings. The van der Waals surface area contributed by atoms with Crippen molar-refractivity contribution in [1.29, 1.82) is 0 Å². The van der Waals surface area contributed by atoms with Crippen LogP contribution >= 0.6 is 0 Å². The largest absolute Gasteiger partial charge is 0.361 e. The van der Waals surface area contributed by atoms with E-state index in [1.165, 1.54) is 0 Å². The first-order valence-electron chi connectivity index (χ1n) is 6.18. The van der Waals surface area contributed by atoms with Crippen molar-refractivity contribution in [2.45, 2.75) is 38.5 Å². The SMILES string of the molecule is CCC1=N[C@@H](c2ccccc2)CO[C@]1(O)CC. The highest BCUT2D eigenvalue weighted by Crippen LogP contribution is 2.29. The highest BCUT2D eigenvalue weighted by molar-refractivity contribution is 5.91. The Labute approximate surface area is 102 Å². The smallest absolute Gasteiger partial charge is 0.205 e. The van der Waals surface area contributed by atoms with Crippen LogP contribution in [0.3, 0.4) is 0 Å². The molecule has 1 heterocycles. The van der Waals surface area contributed by atoms with Crippen molar-refractivity contribution in [3.8, 4) is 0 Å². The number of ether oxygens (including phenoxy) is 1. The van der Waals surface area contributed by atoms with Crippen molar-refractivity contribution in [2.24, 2.45) is 4.99 Å². The molecule has 0 unspecified atom stereocenters. The number of nitrogens with zero attached hydrogens (tertiary/aromatic N) is 1. The van der Waals surface area contributed by atoms with Crippen LogP contribution in [0.15, 0.2) is 35.3 Å². The van der Waals surface area contributed by atoms with Gasteiger partial charge in [0.15, 0.2) is 0 Å². The molecule has 0 saturated carbocycles. The summed E-state index contributed by atoms with van der Waals surface area (Å²) in [4.78, 5) is 4.64. The molecule has 1 aromatic carbocycles. The van der Waals surface area contributed by atoms with E-state index in [1.807, 2.05) is 44.2 Å². The van der Waals surface area contributed by atoms with E-state index in [2.05, 4.69) is 4.99 Å². The summed E-state index contributed by atoms with van der Waals surface area (Å²) in [5.41, 5.74) is 1.89. The molecular formula is C14H19NO2. The number of aliphatic imine (C=N–C) groups is 1. The Morgan fingerprint density at radius 3 is 2.65 bits per heavy atom. The first kappa shape index (κ1) is 12.3. The minimum Gasteiger partial charge on any atom is -0.361 e. The van der Waals surface area contributed by atoms with E-state index in [0.29, 0.717) is 19.4 Å². The van der Waals surface area contributed by atoms with Crippen LogP contribution in [0.25, 0.3) is 0 Å². The monoisotopic (exact) mass is 233 g/mol. The Bertz CT molecular complexity index is 402. The van der Waals surface area contributed by atoms with Gasteiger partial charge in [0.05, 0.1) is 18.4 Å². The van der Waals surface area contributed by atoms with E-state index in [9.17, 15) is 5.11 Å². The number of aliphatic hydroxyl groups is 1. The Morgan fingerprint density at radius 2 is 2.06 bits per heavy atom. The van der Waals surface area contributed by atoms with Crippen molar-refractivity contribution >= 4 is 5.71 Å². The fourth-order valence-corrected chi connectivity index (χ4v) is 2.15. The van der Waals surface area contributed by atoms with Gasteiger partial charge in [-0.2, -0.15) is 0 Å². The molecular weight excluding hydrogens is 214 g/mol. The van der Waals surface area contributed by atoms with Gasteiger partial charge in [0.1, 0.15) is 0 Å². The molecule has 17 heavy (non-hydrogen) atoms. The first-order valence-corrected chi connectivity index (χ1v) is 6.18. The summed E-state index contributed by atoms with van der Waals surface area (Å²) >= 11 is 0. The maximum absolute atomic E-state index is 10.3. The van der Waals surface area contributed by atoms with Crippen LogP contribution < -0.4 is 0 Å². The zero-order chi connectivity index (χ0) is 12.3. The van der Waals surface area contributed by atoms with Gasteiger partial charge >= 0.3 is 0 Å². The van der Waals surface area contributed by atoms with Crippen molar-refractivity contribution in [2.75, 3.05) is 6.61 Å². The predicted molar refractivity (Wildman–Crippen MR) is 68.1 cm³/mol. The highest BCUT2D eigenvalue weighted by atomic mass is 16.6. The maximum Gasteiger partial charge on any atom is 0.205 e. The molecule has 0 amide bonds. The molecule has 0 radical (unpaired) electrons. The van der Waals surface area contributed by atoms with Crippen LogP contribution in [0.1, 0.15) is 38.3 Å². The van der Waals surface area contributed by atoms with Crippen LogP contribution in [0.4, 0.5) is 0 Å². The normalized spacial score (nSPS) is 28.9. The standard InChI is InChI=1S/C14H19NO2/c1-3-13-14(16,4-2)17-10-12(15-13)11-8-6-5-7-9-11/h5-9,12,16H,3-4,10H2,1-2H3/t12-,14-/m1/s1. The first-order chi connectivity index (χ1) is 8.19. The van der Waals surface area contributed by atoms with Crippen molar-refractivity contribution in [3.63, 3.8) is 0 Å². The molecule has 1 aliphatic heterocycles. The van der Waals surface area contributed by atoms with Crippen LogP contribution in [0.5, 0.6) is 0 Å². The molecule has 0 fully saturated rings. The van der Waals surface area contributed by atoms with Gasteiger partial charge in [-0.25, -0.2) is 0 Å². The fraction of sp³-hybridized carbons (Fsp3) is 0.500. The fourth-order valence-electron chi connectivity index (χ4n) is 2.15. The van der Waals surface area contributed by atoms with Gasteiger partial charge in [0.25, 0.3) is 0 Å². The molecule has 1 N–H and O–H groups in total. The second kappa shape index (κ2) is 4.98. The van der Waals surface area contributed by atoms with Gasteiger partial charge in [-0.1, -0.05) is 44.2 Å². The van der Waals surface area contributed by atoms with Crippen LogP contribution in [-0.2, 0) is 4.74 Å². The number of rotatable bonds is 3. The van der Waals surface area contributed by atoms with E-state index >= 15 is 0 Å². The molecule has 2 rings (SSSR count). The third-order valence-corrected chi connectivity index (χ3v) is 3.24. The van der Waals surface area contributed by atoms with E-state index in [1.54, 1.807) is 0 Å². The third kappa shape index (κ3) is 2.40. The van der Waals surface area contributed by atoms with Gasteiger partial charge < -0.3 is 9.84 Å². The Hall–Kier alpha value is -1.19. The molecule has 0 spiro atoms. The number of hydrogen-bond acceptors (Lipinski definition) is 3. The summed E-state index contributed by atoms with van der Waals surface area (Å²) in [5.74, 6) is -1.15. The molecule has 0 saturated heterocycles. The summed E-state index contributed by atoms with van der Waals surface area (Å²) < 4.78 is 5.61. The van der Waals surface area contributed by atoms with Crippen molar-refractivity contribution < 1.29 is 9.84 Å². The van der Waals surface area contributed by atoms with E-state index in [4.69, 9.17) is 4.74 Å². The molecule has 3 nitrogen and oxygen atoms in total. The molecule has 3 heteroatoms. The van der Waals surface area contributed by atoms with Gasteiger partial charge in [-0.15, -0.1) is 0 Å². The topological polar surface area (TPSA) is 41.8 Å². The average Bonchev–Trinajstić information content (AvgIpc) is 2.40. The lowest BCUT2D eigenvalue weighted by molar-refractivity contribution is -0.163. The minimum atomic E-state index is -1.15. The molecule has 2 atom stereocenters. The average molecular weight is 233 g/mol. The Balaban J connectivity index is 2.28. The van der Waals surface area contributed by atoms with Crippen LogP contribution in [0, 0.1) is 0 Å². The van der Waals surface area contributed by atoms with Crippen molar-refractivity contribution in [1.82, 2.24) is 0 Å². The van der Waals surface area contributed by atoms with Crippen LogP contribution in [-0.4, -0.2) is 23.2 Å². The predicted octanol–water partition coefficient (Wildman–Crippen LogP) is 2.71. The minimum absolute atomic E-state index is 0.0120. The molecule has 0 aromatic heterocycles. The summed E-state index contributed by atoms with van der Waals surface area (Å²) in [5, 5.41) is 10.3. The second-order valence-corrected chi connectivity index (χ2v) is 4.30.